The zero-order valence-corrected chi connectivity index (χ0v) is 22.6. The van der Waals surface area contributed by atoms with E-state index in [-0.39, 0.29) is 24.2 Å². The molecule has 39 heavy (non-hydrogen) atoms. The molecule has 10 nitrogen and oxygen atoms in total. The van der Waals surface area contributed by atoms with E-state index in [1.807, 2.05) is 74.5 Å². The van der Waals surface area contributed by atoms with Gasteiger partial charge in [0.25, 0.3) is 11.4 Å². The van der Waals surface area contributed by atoms with Crippen molar-refractivity contribution >= 4 is 17.5 Å². The van der Waals surface area contributed by atoms with Gasteiger partial charge in [0.05, 0.1) is 23.3 Å². The zero-order chi connectivity index (χ0) is 28.2. The molecule has 0 fully saturated rings. The Hall–Kier alpha value is -4.60. The minimum atomic E-state index is -0.938. The maximum Gasteiger partial charge on any atom is 0.294 e. The maximum atomic E-state index is 13.4. The molecule has 0 spiro atoms. The molecule has 2 aromatic carbocycles. The van der Waals surface area contributed by atoms with E-state index in [1.54, 1.807) is 20.9 Å². The van der Waals surface area contributed by atoms with Crippen LogP contribution in [-0.4, -0.2) is 44.5 Å². The van der Waals surface area contributed by atoms with Crippen molar-refractivity contribution in [2.45, 2.75) is 45.7 Å². The molecular formula is C29H32N6O4. The normalized spacial score (nSPS) is 12.3. The SMILES string of the molecule is CNc1ncc(-c2ccccc2)n(CC(=O)NC(C(=O)c2nnc(C(C)(C)c3ccccc3)o2)C(C)C)c1=O. The van der Waals surface area contributed by atoms with Crippen LogP contribution >= 0.6 is 0 Å². The summed E-state index contributed by atoms with van der Waals surface area (Å²) in [6.45, 7) is 7.17. The molecule has 0 bridgehead atoms. The third kappa shape index (κ3) is 5.79. The molecule has 0 saturated heterocycles. The van der Waals surface area contributed by atoms with Crippen LogP contribution in [0.25, 0.3) is 11.3 Å². The van der Waals surface area contributed by atoms with Crippen LogP contribution in [-0.2, 0) is 16.8 Å². The fourth-order valence-corrected chi connectivity index (χ4v) is 4.24. The van der Waals surface area contributed by atoms with Gasteiger partial charge < -0.3 is 15.1 Å². The Labute approximate surface area is 226 Å². The summed E-state index contributed by atoms with van der Waals surface area (Å²) in [5, 5.41) is 13.7. The van der Waals surface area contributed by atoms with Crippen molar-refractivity contribution in [2.75, 3.05) is 12.4 Å². The van der Waals surface area contributed by atoms with E-state index in [2.05, 4.69) is 25.8 Å². The van der Waals surface area contributed by atoms with Gasteiger partial charge in [-0.05, 0) is 30.9 Å². The monoisotopic (exact) mass is 528 g/mol. The molecule has 1 amide bonds. The fourth-order valence-electron chi connectivity index (χ4n) is 4.24. The summed E-state index contributed by atoms with van der Waals surface area (Å²) in [7, 11) is 1.58. The summed E-state index contributed by atoms with van der Waals surface area (Å²) in [5.41, 5.74) is 1.09. The van der Waals surface area contributed by atoms with Gasteiger partial charge in [-0.25, -0.2) is 4.98 Å². The van der Waals surface area contributed by atoms with E-state index in [9.17, 15) is 14.4 Å². The van der Waals surface area contributed by atoms with Gasteiger partial charge in [-0.15, -0.1) is 10.2 Å². The lowest BCUT2D eigenvalue weighted by Crippen LogP contribution is -2.46. The predicted molar refractivity (Wildman–Crippen MR) is 147 cm³/mol. The zero-order valence-electron chi connectivity index (χ0n) is 22.6. The Bertz CT molecular complexity index is 1510. The van der Waals surface area contributed by atoms with E-state index < -0.39 is 28.7 Å². The Morgan fingerprint density at radius 3 is 2.26 bits per heavy atom. The first kappa shape index (κ1) is 27.4. The molecule has 2 N–H and O–H groups in total. The van der Waals surface area contributed by atoms with Crippen molar-refractivity contribution < 1.29 is 14.0 Å². The average molecular weight is 529 g/mol. The van der Waals surface area contributed by atoms with Gasteiger partial charge in [0.2, 0.25) is 17.6 Å². The third-order valence-corrected chi connectivity index (χ3v) is 6.59. The van der Waals surface area contributed by atoms with E-state index in [0.29, 0.717) is 11.6 Å². The Kier molecular flexibility index (Phi) is 8.04. The Balaban J connectivity index is 1.57. The van der Waals surface area contributed by atoms with Crippen molar-refractivity contribution in [3.8, 4) is 11.3 Å². The lowest BCUT2D eigenvalue weighted by Gasteiger charge is -2.21. The van der Waals surface area contributed by atoms with Gasteiger partial charge in [0.15, 0.2) is 5.82 Å². The maximum absolute atomic E-state index is 13.4. The fraction of sp³-hybridized carbons (Fsp3) is 0.310. The predicted octanol–water partition coefficient (Wildman–Crippen LogP) is 3.68. The second-order valence-corrected chi connectivity index (χ2v) is 10.1. The number of benzene rings is 2. The molecule has 2 aromatic heterocycles. The van der Waals surface area contributed by atoms with Crippen molar-refractivity contribution in [3.05, 3.63) is 94.6 Å². The molecule has 0 saturated carbocycles. The van der Waals surface area contributed by atoms with Gasteiger partial charge in [0.1, 0.15) is 6.54 Å². The second kappa shape index (κ2) is 11.4. The van der Waals surface area contributed by atoms with Crippen LogP contribution < -0.4 is 16.2 Å². The van der Waals surface area contributed by atoms with Gasteiger partial charge in [-0.2, -0.15) is 0 Å². The van der Waals surface area contributed by atoms with E-state index >= 15 is 0 Å². The van der Waals surface area contributed by atoms with Crippen molar-refractivity contribution in [3.63, 3.8) is 0 Å². The number of nitrogens with zero attached hydrogens (tertiary/aromatic N) is 4. The standard InChI is InChI=1S/C29H32N6O4/c1-18(2)23(24(37)26-33-34-28(39-26)29(3,4)20-14-10-7-11-15-20)32-22(36)17-35-21(19-12-8-6-9-13-19)16-31-25(30-5)27(35)38/h6-16,18,23H,17H2,1-5H3,(H,30,31)(H,32,36). The van der Waals surface area contributed by atoms with Crippen molar-refractivity contribution in [2.24, 2.45) is 5.92 Å². The molecule has 0 aliphatic rings. The summed E-state index contributed by atoms with van der Waals surface area (Å²) >= 11 is 0. The van der Waals surface area contributed by atoms with Crippen molar-refractivity contribution in [1.29, 1.82) is 0 Å². The van der Waals surface area contributed by atoms with Crippen LogP contribution in [0.4, 0.5) is 5.82 Å². The van der Waals surface area contributed by atoms with Crippen LogP contribution in [0.5, 0.6) is 0 Å². The number of carbonyl (C=O) groups excluding carboxylic acids is 2. The molecule has 4 aromatic rings. The molecule has 2 heterocycles. The number of Topliss-reactive ketones (excluding diaryl/α,β-unsaturated/α-hetero) is 1. The molecule has 10 heteroatoms. The number of carbonyl (C=O) groups is 2. The van der Waals surface area contributed by atoms with Crippen LogP contribution in [0.15, 0.2) is 76.1 Å². The molecule has 0 aliphatic heterocycles. The number of ketones is 1. The molecule has 4 rings (SSSR count). The summed E-state index contributed by atoms with van der Waals surface area (Å²) in [4.78, 5) is 43.9. The quantitative estimate of drug-likeness (QED) is 0.298. The Morgan fingerprint density at radius 2 is 1.64 bits per heavy atom. The highest BCUT2D eigenvalue weighted by molar-refractivity contribution is 5.98. The molecule has 202 valence electrons. The molecule has 1 unspecified atom stereocenters. The number of hydrogen-bond acceptors (Lipinski definition) is 8. The van der Waals surface area contributed by atoms with Gasteiger partial charge in [-0.3, -0.25) is 19.0 Å². The summed E-state index contributed by atoms with van der Waals surface area (Å²) in [6, 6.07) is 17.9. The summed E-state index contributed by atoms with van der Waals surface area (Å²) < 4.78 is 7.16. The largest absolute Gasteiger partial charge is 0.417 e. The minimum absolute atomic E-state index is 0.110. The van der Waals surface area contributed by atoms with Gasteiger partial charge >= 0.3 is 0 Å². The number of nitrogens with one attached hydrogen (secondary N) is 2. The van der Waals surface area contributed by atoms with Crippen LogP contribution in [0.1, 0.15) is 49.8 Å². The topological polar surface area (TPSA) is 132 Å². The van der Waals surface area contributed by atoms with Crippen LogP contribution in [0.3, 0.4) is 0 Å². The average Bonchev–Trinajstić information content (AvgIpc) is 3.45. The number of aromatic nitrogens is 4. The first-order valence-electron chi connectivity index (χ1n) is 12.7. The second-order valence-electron chi connectivity index (χ2n) is 10.1. The molecular weight excluding hydrogens is 496 g/mol. The van der Waals surface area contributed by atoms with E-state index in [4.69, 9.17) is 4.42 Å². The van der Waals surface area contributed by atoms with Crippen molar-refractivity contribution in [1.82, 2.24) is 25.1 Å². The number of amides is 1. The third-order valence-electron chi connectivity index (χ3n) is 6.59. The highest BCUT2D eigenvalue weighted by atomic mass is 16.4. The number of hydrogen-bond donors (Lipinski definition) is 2. The van der Waals surface area contributed by atoms with E-state index in [0.717, 1.165) is 11.1 Å². The number of anilines is 1. The molecule has 0 aliphatic carbocycles. The lowest BCUT2D eigenvalue weighted by molar-refractivity contribution is -0.122. The first-order valence-corrected chi connectivity index (χ1v) is 12.7. The van der Waals surface area contributed by atoms with Gasteiger partial charge in [-0.1, -0.05) is 74.5 Å². The summed E-state index contributed by atoms with van der Waals surface area (Å²) in [6.07, 6.45) is 1.54. The van der Waals surface area contributed by atoms with Gasteiger partial charge in [0, 0.05) is 7.05 Å². The summed E-state index contributed by atoms with van der Waals surface area (Å²) in [5.74, 6) is -1.08. The van der Waals surface area contributed by atoms with Crippen LogP contribution in [0, 0.1) is 5.92 Å². The van der Waals surface area contributed by atoms with Crippen LogP contribution in [0.2, 0.25) is 0 Å². The Morgan fingerprint density at radius 1 is 1.00 bits per heavy atom. The molecule has 1 atom stereocenters. The molecule has 0 radical (unpaired) electrons. The first-order chi connectivity index (χ1) is 18.6. The minimum Gasteiger partial charge on any atom is -0.417 e. The smallest absolute Gasteiger partial charge is 0.294 e. The lowest BCUT2D eigenvalue weighted by atomic mass is 9.85. The number of rotatable bonds is 10. The van der Waals surface area contributed by atoms with E-state index in [1.165, 1.54) is 10.8 Å². The highest BCUT2D eigenvalue weighted by Gasteiger charge is 2.34. The highest BCUT2D eigenvalue weighted by Crippen LogP contribution is 2.30.